The van der Waals surface area contributed by atoms with Crippen molar-refractivity contribution >= 4 is 31.5 Å². The van der Waals surface area contributed by atoms with Crippen molar-refractivity contribution in [2.75, 3.05) is 0 Å². The van der Waals surface area contributed by atoms with Gasteiger partial charge < -0.3 is 0 Å². The van der Waals surface area contributed by atoms with Crippen LogP contribution in [0.15, 0.2) is 231 Å². The Morgan fingerprint density at radius 1 is 0.306 bits per heavy atom. The van der Waals surface area contributed by atoms with Gasteiger partial charge in [-0.05, 0) is 92.0 Å². The molecule has 0 amide bonds. The molecule has 62 heavy (non-hydrogen) atoms. The Bertz CT molecular complexity index is 3400. The molecule has 0 atom stereocenters. The molecule has 2 aromatic heterocycles. The summed E-state index contributed by atoms with van der Waals surface area (Å²) in [4.78, 5) is 10.4. The highest BCUT2D eigenvalue weighted by molar-refractivity contribution is 7.25. The zero-order valence-electron chi connectivity index (χ0n) is 33.7. The van der Waals surface area contributed by atoms with Gasteiger partial charge in [-0.15, -0.1) is 11.3 Å². The van der Waals surface area contributed by atoms with Crippen LogP contribution in [0.5, 0.6) is 0 Å². The van der Waals surface area contributed by atoms with Crippen molar-refractivity contribution < 1.29 is 0 Å². The molecule has 12 rings (SSSR count). The van der Waals surface area contributed by atoms with Gasteiger partial charge in [0, 0.05) is 36.9 Å². The Hall–Kier alpha value is -7.72. The highest BCUT2D eigenvalue weighted by Crippen LogP contribution is 2.56. The van der Waals surface area contributed by atoms with E-state index in [1.807, 2.05) is 29.5 Å². The van der Waals surface area contributed by atoms with Gasteiger partial charge in [-0.3, -0.25) is 0 Å². The third-order valence-electron chi connectivity index (χ3n) is 12.6. The van der Waals surface area contributed by atoms with Crippen molar-refractivity contribution in [1.82, 2.24) is 9.97 Å². The van der Waals surface area contributed by atoms with Crippen molar-refractivity contribution in [2.24, 2.45) is 0 Å². The van der Waals surface area contributed by atoms with Gasteiger partial charge in [0.1, 0.15) is 0 Å². The molecule has 0 spiro atoms. The zero-order valence-corrected chi connectivity index (χ0v) is 34.6. The Kier molecular flexibility index (Phi) is 8.62. The minimum atomic E-state index is -0.446. The second kappa shape index (κ2) is 14.8. The maximum absolute atomic E-state index is 5.19. The standard InChI is InChI=1S/C59H38N2S/c1-4-15-41(16-5-1)58-60-54(38-55(61-58)45-18-14-17-42(35-45)43-32-34-57-51(36-43)50-24-11-13-26-56(50)62-57)40-29-27-39(28-30-40)44-31-33-49-48-23-10-12-25-52(48)59(53(49)37-44,46-19-6-2-7-20-46)47-21-8-3-9-22-47/h1-38H. The van der Waals surface area contributed by atoms with Gasteiger partial charge in [-0.1, -0.05) is 194 Å². The van der Waals surface area contributed by atoms with E-state index in [1.54, 1.807) is 0 Å². The number of hydrogen-bond donors (Lipinski definition) is 0. The summed E-state index contributed by atoms with van der Waals surface area (Å²) in [5, 5.41) is 2.60. The summed E-state index contributed by atoms with van der Waals surface area (Å²) >= 11 is 1.85. The minimum Gasteiger partial charge on any atom is -0.228 e. The van der Waals surface area contributed by atoms with Crippen LogP contribution >= 0.6 is 11.3 Å². The van der Waals surface area contributed by atoms with Crippen LogP contribution < -0.4 is 0 Å². The molecule has 0 unspecified atom stereocenters. The van der Waals surface area contributed by atoms with E-state index in [1.165, 1.54) is 64.7 Å². The van der Waals surface area contributed by atoms with E-state index in [9.17, 15) is 0 Å². The lowest BCUT2D eigenvalue weighted by atomic mass is 9.67. The van der Waals surface area contributed by atoms with Crippen LogP contribution in [-0.4, -0.2) is 9.97 Å². The van der Waals surface area contributed by atoms with E-state index in [0.29, 0.717) is 5.82 Å². The summed E-state index contributed by atoms with van der Waals surface area (Å²) in [6.45, 7) is 0. The SMILES string of the molecule is c1ccc(-c2nc(-c3ccc(-c4ccc5c(c4)C(c4ccccc4)(c4ccccc4)c4ccccc4-5)cc3)cc(-c3cccc(-c4ccc5sc6ccccc6c5c4)c3)n2)cc1. The van der Waals surface area contributed by atoms with Crippen molar-refractivity contribution in [3.63, 3.8) is 0 Å². The number of rotatable bonds is 7. The fraction of sp³-hybridized carbons (Fsp3) is 0.0169. The second-order valence-electron chi connectivity index (χ2n) is 16.1. The van der Waals surface area contributed by atoms with E-state index >= 15 is 0 Å². The van der Waals surface area contributed by atoms with Crippen molar-refractivity contribution in [3.8, 4) is 67.3 Å². The van der Waals surface area contributed by atoms with Gasteiger partial charge in [0.15, 0.2) is 5.82 Å². The van der Waals surface area contributed by atoms with Crippen molar-refractivity contribution in [1.29, 1.82) is 0 Å². The number of fused-ring (bicyclic) bond motifs is 6. The van der Waals surface area contributed by atoms with E-state index in [-0.39, 0.29) is 0 Å². The molecular formula is C59H38N2S. The molecule has 11 aromatic rings. The average molecular weight is 807 g/mol. The first-order valence-electron chi connectivity index (χ1n) is 21.1. The monoisotopic (exact) mass is 806 g/mol. The smallest absolute Gasteiger partial charge is 0.160 e. The molecule has 0 aliphatic heterocycles. The maximum Gasteiger partial charge on any atom is 0.160 e. The third kappa shape index (κ3) is 5.93. The molecule has 2 heterocycles. The zero-order chi connectivity index (χ0) is 41.0. The van der Waals surface area contributed by atoms with Crippen LogP contribution in [0, 0.1) is 0 Å². The number of aromatic nitrogens is 2. The maximum atomic E-state index is 5.19. The van der Waals surface area contributed by atoms with Gasteiger partial charge in [0.25, 0.3) is 0 Å². The molecule has 290 valence electrons. The summed E-state index contributed by atoms with van der Waals surface area (Å²) in [6.07, 6.45) is 0. The molecule has 1 aliphatic rings. The van der Waals surface area contributed by atoms with E-state index < -0.39 is 5.41 Å². The highest BCUT2D eigenvalue weighted by atomic mass is 32.1. The van der Waals surface area contributed by atoms with Crippen LogP contribution in [-0.2, 0) is 5.41 Å². The molecule has 0 saturated heterocycles. The second-order valence-corrected chi connectivity index (χ2v) is 17.2. The molecule has 3 heteroatoms. The summed E-state index contributed by atoms with van der Waals surface area (Å²) in [7, 11) is 0. The molecule has 0 fully saturated rings. The lowest BCUT2D eigenvalue weighted by Crippen LogP contribution is -2.28. The van der Waals surface area contributed by atoms with E-state index in [2.05, 4.69) is 212 Å². The predicted molar refractivity (Wildman–Crippen MR) is 259 cm³/mol. The molecule has 1 aliphatic carbocycles. The van der Waals surface area contributed by atoms with Crippen molar-refractivity contribution in [2.45, 2.75) is 5.41 Å². The normalized spacial score (nSPS) is 12.6. The lowest BCUT2D eigenvalue weighted by molar-refractivity contribution is 0.769. The molecule has 0 N–H and O–H groups in total. The molecule has 0 radical (unpaired) electrons. The van der Waals surface area contributed by atoms with Crippen LogP contribution in [0.4, 0.5) is 0 Å². The van der Waals surface area contributed by atoms with Crippen LogP contribution in [0.1, 0.15) is 22.3 Å². The molecule has 0 saturated carbocycles. The fourth-order valence-electron chi connectivity index (χ4n) is 9.68. The van der Waals surface area contributed by atoms with E-state index in [0.717, 1.165) is 39.2 Å². The van der Waals surface area contributed by atoms with Gasteiger partial charge in [-0.25, -0.2) is 9.97 Å². The number of hydrogen-bond acceptors (Lipinski definition) is 3. The first-order valence-corrected chi connectivity index (χ1v) is 22.0. The number of thiophene rings is 1. The topological polar surface area (TPSA) is 25.8 Å². The summed E-state index contributed by atoms with van der Waals surface area (Å²) < 4.78 is 2.62. The molecular weight excluding hydrogens is 769 g/mol. The summed E-state index contributed by atoms with van der Waals surface area (Å²) in [5.74, 6) is 0.704. The highest BCUT2D eigenvalue weighted by Gasteiger charge is 2.46. The van der Waals surface area contributed by atoms with Gasteiger partial charge >= 0.3 is 0 Å². The van der Waals surface area contributed by atoms with Crippen LogP contribution in [0.25, 0.3) is 87.5 Å². The first-order chi connectivity index (χ1) is 30.7. The third-order valence-corrected chi connectivity index (χ3v) is 13.8. The van der Waals surface area contributed by atoms with Crippen LogP contribution in [0.3, 0.4) is 0 Å². The molecule has 9 aromatic carbocycles. The minimum absolute atomic E-state index is 0.446. The summed E-state index contributed by atoms with van der Waals surface area (Å²) in [5.41, 5.74) is 16.8. The molecule has 2 nitrogen and oxygen atoms in total. The Labute approximate surface area is 365 Å². The average Bonchev–Trinajstić information content (AvgIpc) is 3.88. The Morgan fingerprint density at radius 3 is 1.61 bits per heavy atom. The summed E-state index contributed by atoms with van der Waals surface area (Å²) in [6, 6.07) is 83.5. The number of nitrogens with zero attached hydrogens (tertiary/aromatic N) is 2. The fourth-order valence-corrected chi connectivity index (χ4v) is 10.8. The first kappa shape index (κ1) is 36.2. The van der Waals surface area contributed by atoms with Gasteiger partial charge in [-0.2, -0.15) is 0 Å². The number of benzene rings is 9. The van der Waals surface area contributed by atoms with E-state index in [4.69, 9.17) is 9.97 Å². The predicted octanol–water partition coefficient (Wildman–Crippen LogP) is 15.5. The lowest BCUT2D eigenvalue weighted by Gasteiger charge is -2.34. The van der Waals surface area contributed by atoms with Gasteiger partial charge in [0.2, 0.25) is 0 Å². The van der Waals surface area contributed by atoms with Gasteiger partial charge in [0.05, 0.1) is 16.8 Å². The Balaban J connectivity index is 0.945. The quantitative estimate of drug-likeness (QED) is 0.160. The molecule has 0 bridgehead atoms. The van der Waals surface area contributed by atoms with Crippen LogP contribution in [0.2, 0.25) is 0 Å². The Morgan fingerprint density at radius 2 is 0.839 bits per heavy atom. The van der Waals surface area contributed by atoms with Crippen molar-refractivity contribution in [3.05, 3.63) is 253 Å². The largest absolute Gasteiger partial charge is 0.228 e.